The highest BCUT2D eigenvalue weighted by molar-refractivity contribution is 7.99. The summed E-state index contributed by atoms with van der Waals surface area (Å²) < 4.78 is 20.3. The lowest BCUT2D eigenvalue weighted by Gasteiger charge is -2.10. The number of carbonyl (C=O) groups excluding carboxylic acids is 2. The van der Waals surface area contributed by atoms with Crippen LogP contribution in [0.15, 0.2) is 59.8 Å². The largest absolute Gasteiger partial charge is 0.465 e. The second kappa shape index (κ2) is 10.6. The molecule has 0 bridgehead atoms. The maximum absolute atomic E-state index is 13.5. The third-order valence-corrected chi connectivity index (χ3v) is 8.01. The summed E-state index contributed by atoms with van der Waals surface area (Å²) in [5.74, 6) is 0.125. The van der Waals surface area contributed by atoms with E-state index in [1.807, 2.05) is 34.9 Å². The normalized spacial score (nSPS) is 12.4. The number of hydrogen-bond acceptors (Lipinski definition) is 7. The van der Waals surface area contributed by atoms with Crippen LogP contribution in [0.25, 0.3) is 17.1 Å². The van der Waals surface area contributed by atoms with Crippen LogP contribution in [0.5, 0.6) is 0 Å². The van der Waals surface area contributed by atoms with E-state index in [2.05, 4.69) is 15.5 Å². The molecule has 10 heteroatoms. The Hall–Kier alpha value is -3.50. The van der Waals surface area contributed by atoms with Crippen molar-refractivity contribution in [3.05, 3.63) is 76.4 Å². The van der Waals surface area contributed by atoms with E-state index in [1.165, 1.54) is 42.3 Å². The second-order valence-electron chi connectivity index (χ2n) is 8.18. The molecule has 2 aromatic heterocycles. The zero-order valence-corrected chi connectivity index (χ0v) is 21.1. The van der Waals surface area contributed by atoms with Crippen LogP contribution in [0.4, 0.5) is 9.39 Å². The van der Waals surface area contributed by atoms with Crippen LogP contribution < -0.4 is 5.32 Å². The van der Waals surface area contributed by atoms with Crippen molar-refractivity contribution >= 4 is 40.0 Å². The number of rotatable bonds is 8. The number of para-hydroxylation sites is 1. The zero-order chi connectivity index (χ0) is 25.1. The van der Waals surface area contributed by atoms with Gasteiger partial charge in [0.05, 0.1) is 12.7 Å². The van der Waals surface area contributed by atoms with Crippen LogP contribution in [0.2, 0.25) is 0 Å². The molecule has 5 rings (SSSR count). The summed E-state index contributed by atoms with van der Waals surface area (Å²) in [6.45, 7) is 0. The van der Waals surface area contributed by atoms with Crippen molar-refractivity contribution in [2.45, 2.75) is 30.8 Å². The zero-order valence-electron chi connectivity index (χ0n) is 19.5. The maximum atomic E-state index is 13.5. The number of carbonyl (C=O) groups is 2. The molecular formula is C26H23FN4O3S2. The van der Waals surface area contributed by atoms with Crippen LogP contribution in [0, 0.1) is 5.82 Å². The van der Waals surface area contributed by atoms with Gasteiger partial charge in [0.15, 0.2) is 11.0 Å². The summed E-state index contributed by atoms with van der Waals surface area (Å²) in [4.78, 5) is 26.2. The number of thiophene rings is 1. The molecule has 0 fully saturated rings. The molecule has 1 amide bonds. The van der Waals surface area contributed by atoms with Crippen molar-refractivity contribution in [1.82, 2.24) is 14.8 Å². The molecule has 7 nitrogen and oxygen atoms in total. The molecular weight excluding hydrogens is 499 g/mol. The lowest BCUT2D eigenvalue weighted by atomic mass is 10.1. The third kappa shape index (κ3) is 4.91. The Labute approximate surface area is 215 Å². The first kappa shape index (κ1) is 24.2. The third-order valence-electron chi connectivity index (χ3n) is 5.87. The molecule has 184 valence electrons. The average molecular weight is 523 g/mol. The summed E-state index contributed by atoms with van der Waals surface area (Å²) in [6, 6.07) is 15.8. The summed E-state index contributed by atoms with van der Waals surface area (Å²) in [7, 11) is 1.35. The van der Waals surface area contributed by atoms with Gasteiger partial charge in [-0.1, -0.05) is 30.0 Å². The predicted octanol–water partition coefficient (Wildman–Crippen LogP) is 5.53. The second-order valence-corrected chi connectivity index (χ2v) is 10.4. The number of esters is 1. The smallest absolute Gasteiger partial charge is 0.341 e. The van der Waals surface area contributed by atoms with E-state index in [0.29, 0.717) is 27.3 Å². The summed E-state index contributed by atoms with van der Waals surface area (Å²) >= 11 is 2.86. The molecule has 1 aliphatic carbocycles. The number of anilines is 1. The minimum Gasteiger partial charge on any atom is -0.465 e. The first-order chi connectivity index (χ1) is 17.5. The van der Waals surface area contributed by atoms with Crippen LogP contribution in [0.3, 0.4) is 0 Å². The fraction of sp³-hybridized carbons (Fsp3) is 0.231. The number of nitrogens with one attached hydrogen (secondary N) is 1. The van der Waals surface area contributed by atoms with Crippen LogP contribution in [-0.2, 0) is 22.4 Å². The number of halogens is 1. The van der Waals surface area contributed by atoms with Gasteiger partial charge < -0.3 is 10.1 Å². The fourth-order valence-electron chi connectivity index (χ4n) is 4.19. The van der Waals surface area contributed by atoms with Gasteiger partial charge in [0, 0.05) is 28.3 Å². The molecule has 0 unspecified atom stereocenters. The van der Waals surface area contributed by atoms with Gasteiger partial charge in [0.25, 0.3) is 0 Å². The summed E-state index contributed by atoms with van der Waals surface area (Å²) in [6.07, 6.45) is 2.98. The van der Waals surface area contributed by atoms with E-state index in [4.69, 9.17) is 4.74 Å². The number of nitrogens with zero attached hydrogens (tertiary/aromatic N) is 3. The first-order valence-electron chi connectivity index (χ1n) is 11.5. The predicted molar refractivity (Wildman–Crippen MR) is 138 cm³/mol. The van der Waals surface area contributed by atoms with Crippen LogP contribution in [-0.4, -0.2) is 39.5 Å². The number of aryl methyl sites for hydroxylation is 1. The van der Waals surface area contributed by atoms with E-state index in [9.17, 15) is 14.0 Å². The molecule has 2 aromatic carbocycles. The van der Waals surface area contributed by atoms with E-state index >= 15 is 0 Å². The van der Waals surface area contributed by atoms with Gasteiger partial charge in [-0.25, -0.2) is 9.18 Å². The van der Waals surface area contributed by atoms with Gasteiger partial charge in [0.1, 0.15) is 10.8 Å². The Kier molecular flexibility index (Phi) is 7.15. The molecule has 0 saturated carbocycles. The number of amides is 1. The highest BCUT2D eigenvalue weighted by Gasteiger charge is 2.28. The van der Waals surface area contributed by atoms with Crippen LogP contribution >= 0.6 is 23.1 Å². The number of ether oxygens (including phenoxy) is 1. The number of aromatic nitrogens is 3. The maximum Gasteiger partial charge on any atom is 0.341 e. The van der Waals surface area contributed by atoms with Crippen molar-refractivity contribution in [2.75, 3.05) is 18.2 Å². The molecule has 1 aliphatic rings. The minimum absolute atomic E-state index is 0.183. The standard InChI is InChI=1S/C26H23FN4O3S2/c1-34-25(33)22-19-8-5-9-20(19)36-24(22)28-21(32)14-15-35-26-30-29-23(16-10-12-17(27)13-11-16)31(26)18-6-3-2-4-7-18/h2-4,6-7,10-13H,5,8-9,14-15H2,1H3,(H,28,32). The first-order valence-corrected chi connectivity index (χ1v) is 13.3. The average Bonchev–Trinajstić information content (AvgIpc) is 3.59. The van der Waals surface area contributed by atoms with Crippen molar-refractivity contribution in [3.8, 4) is 17.1 Å². The van der Waals surface area contributed by atoms with E-state index in [0.717, 1.165) is 41.0 Å². The highest BCUT2D eigenvalue weighted by Crippen LogP contribution is 2.39. The Balaban J connectivity index is 1.31. The summed E-state index contributed by atoms with van der Waals surface area (Å²) in [5, 5.41) is 12.8. The number of fused-ring (bicyclic) bond motifs is 1. The summed E-state index contributed by atoms with van der Waals surface area (Å²) in [5.41, 5.74) is 3.09. The van der Waals surface area contributed by atoms with E-state index in [1.54, 1.807) is 12.1 Å². The molecule has 0 aliphatic heterocycles. The quantitative estimate of drug-likeness (QED) is 0.242. The van der Waals surface area contributed by atoms with Crippen molar-refractivity contribution < 1.29 is 18.7 Å². The Morgan fingerprint density at radius 2 is 1.89 bits per heavy atom. The van der Waals surface area contributed by atoms with Gasteiger partial charge in [-0.15, -0.1) is 21.5 Å². The van der Waals surface area contributed by atoms with Gasteiger partial charge in [-0.05, 0) is 61.2 Å². The molecule has 36 heavy (non-hydrogen) atoms. The minimum atomic E-state index is -0.414. The Morgan fingerprint density at radius 3 is 2.64 bits per heavy atom. The number of hydrogen-bond donors (Lipinski definition) is 1. The Bertz CT molecular complexity index is 1400. The van der Waals surface area contributed by atoms with Gasteiger partial charge in [0.2, 0.25) is 5.91 Å². The Morgan fingerprint density at radius 1 is 1.11 bits per heavy atom. The van der Waals surface area contributed by atoms with Crippen molar-refractivity contribution in [2.24, 2.45) is 0 Å². The fourth-order valence-corrected chi connectivity index (χ4v) is 6.38. The molecule has 2 heterocycles. The van der Waals surface area contributed by atoms with Gasteiger partial charge in [-0.3, -0.25) is 9.36 Å². The highest BCUT2D eigenvalue weighted by atomic mass is 32.2. The van der Waals surface area contributed by atoms with Crippen molar-refractivity contribution in [3.63, 3.8) is 0 Å². The molecule has 4 aromatic rings. The molecule has 0 radical (unpaired) electrons. The monoisotopic (exact) mass is 522 g/mol. The molecule has 0 saturated heterocycles. The van der Waals surface area contributed by atoms with Gasteiger partial charge >= 0.3 is 5.97 Å². The topological polar surface area (TPSA) is 86.1 Å². The number of thioether (sulfide) groups is 1. The number of methoxy groups -OCH3 is 1. The van der Waals surface area contributed by atoms with E-state index < -0.39 is 5.97 Å². The SMILES string of the molecule is COC(=O)c1c(NC(=O)CCSc2nnc(-c3ccc(F)cc3)n2-c2ccccc2)sc2c1CCC2. The molecule has 0 atom stereocenters. The van der Waals surface area contributed by atoms with Gasteiger partial charge in [-0.2, -0.15) is 0 Å². The van der Waals surface area contributed by atoms with E-state index in [-0.39, 0.29) is 18.1 Å². The van der Waals surface area contributed by atoms with Crippen LogP contribution in [0.1, 0.15) is 33.6 Å². The lowest BCUT2D eigenvalue weighted by Crippen LogP contribution is -2.15. The molecule has 1 N–H and O–H groups in total. The molecule has 0 spiro atoms. The van der Waals surface area contributed by atoms with Crippen molar-refractivity contribution in [1.29, 1.82) is 0 Å². The lowest BCUT2D eigenvalue weighted by molar-refractivity contribution is -0.115. The number of benzene rings is 2.